The van der Waals surface area contributed by atoms with Gasteiger partial charge < -0.3 is 14.2 Å². The third kappa shape index (κ3) is 7.23. The monoisotopic (exact) mass is 150 g/mol. The molecule has 0 rings (SSSR count). The minimum atomic E-state index is -0.695. The van der Waals surface area contributed by atoms with Gasteiger partial charge in [0.25, 0.3) is 0 Å². The van der Waals surface area contributed by atoms with Crippen molar-refractivity contribution in [3.63, 3.8) is 0 Å². The maximum atomic E-state index is 10.3. The summed E-state index contributed by atoms with van der Waals surface area (Å²) in [6, 6.07) is 0. The van der Waals surface area contributed by atoms with Crippen LogP contribution in [0.1, 0.15) is 14.4 Å². The summed E-state index contributed by atoms with van der Waals surface area (Å²) in [4.78, 5) is 10.3. The smallest absolute Gasteiger partial charge is 0.435 e. The van der Waals surface area contributed by atoms with Crippen molar-refractivity contribution >= 4 is 6.16 Å². The predicted octanol–water partition coefficient (Wildman–Crippen LogP) is 1.40. The Morgan fingerprint density at radius 3 is 2.40 bits per heavy atom. The van der Waals surface area contributed by atoms with Crippen molar-refractivity contribution in [2.45, 2.75) is 14.4 Å². The SMILES string of the molecule is C.CCOC(=O)OCOC. The quantitative estimate of drug-likeness (QED) is 0.450. The second-order valence-corrected chi connectivity index (χ2v) is 1.23. The van der Waals surface area contributed by atoms with E-state index in [0.29, 0.717) is 6.61 Å². The van der Waals surface area contributed by atoms with E-state index in [4.69, 9.17) is 0 Å². The number of carbonyl (C=O) groups excluding carboxylic acids is 1. The Balaban J connectivity index is 0. The van der Waals surface area contributed by atoms with Crippen LogP contribution >= 0.6 is 0 Å². The molecule has 0 amide bonds. The molecule has 0 heterocycles. The molecule has 0 aromatic carbocycles. The van der Waals surface area contributed by atoms with Crippen LogP contribution in [0.5, 0.6) is 0 Å². The fourth-order valence-corrected chi connectivity index (χ4v) is 0.267. The molecule has 62 valence electrons. The van der Waals surface area contributed by atoms with Crippen LogP contribution in [0.3, 0.4) is 0 Å². The molecule has 0 N–H and O–H groups in total. The number of hydrogen-bond donors (Lipinski definition) is 0. The number of ether oxygens (including phenoxy) is 3. The number of carbonyl (C=O) groups is 1. The Labute approximate surface area is 61.1 Å². The second kappa shape index (κ2) is 8.23. The summed E-state index contributed by atoms with van der Waals surface area (Å²) in [6.07, 6.45) is -0.695. The van der Waals surface area contributed by atoms with Crippen molar-refractivity contribution in [3.05, 3.63) is 0 Å². The molecule has 0 aromatic heterocycles. The second-order valence-electron chi connectivity index (χ2n) is 1.23. The van der Waals surface area contributed by atoms with Crippen LogP contribution in [-0.4, -0.2) is 26.7 Å². The van der Waals surface area contributed by atoms with E-state index in [2.05, 4.69) is 14.2 Å². The van der Waals surface area contributed by atoms with Crippen molar-refractivity contribution in [1.82, 2.24) is 0 Å². The molecule has 10 heavy (non-hydrogen) atoms. The van der Waals surface area contributed by atoms with Crippen molar-refractivity contribution in [1.29, 1.82) is 0 Å². The van der Waals surface area contributed by atoms with Gasteiger partial charge >= 0.3 is 6.16 Å². The van der Waals surface area contributed by atoms with Crippen molar-refractivity contribution < 1.29 is 19.0 Å². The highest BCUT2D eigenvalue weighted by molar-refractivity contribution is 5.59. The van der Waals surface area contributed by atoms with E-state index in [1.54, 1.807) is 6.92 Å². The summed E-state index contributed by atoms with van der Waals surface area (Å²) in [5.41, 5.74) is 0. The molecule has 0 aliphatic heterocycles. The van der Waals surface area contributed by atoms with Gasteiger partial charge in [0.1, 0.15) is 0 Å². The lowest BCUT2D eigenvalue weighted by atomic mass is 10.9. The van der Waals surface area contributed by atoms with Crippen molar-refractivity contribution in [2.24, 2.45) is 0 Å². The topological polar surface area (TPSA) is 44.8 Å². The summed E-state index contributed by atoms with van der Waals surface area (Å²) in [5.74, 6) is 0. The van der Waals surface area contributed by atoms with Crippen LogP contribution < -0.4 is 0 Å². The minimum absolute atomic E-state index is 0. The van der Waals surface area contributed by atoms with Gasteiger partial charge in [-0.2, -0.15) is 0 Å². The number of methoxy groups -OCH3 is 1. The minimum Gasteiger partial charge on any atom is -0.435 e. The van der Waals surface area contributed by atoms with E-state index < -0.39 is 6.16 Å². The molecule has 0 atom stereocenters. The zero-order chi connectivity index (χ0) is 7.11. The molecule has 0 saturated carbocycles. The third-order valence-electron chi connectivity index (χ3n) is 0.557. The Morgan fingerprint density at radius 2 is 2.00 bits per heavy atom. The Morgan fingerprint density at radius 1 is 1.40 bits per heavy atom. The fourth-order valence-electron chi connectivity index (χ4n) is 0.267. The van der Waals surface area contributed by atoms with Crippen LogP contribution in [0, 0.1) is 0 Å². The lowest BCUT2D eigenvalue weighted by Crippen LogP contribution is -2.08. The normalized spacial score (nSPS) is 7.80. The molecule has 0 aliphatic rings. The molecule has 0 unspecified atom stereocenters. The summed E-state index contributed by atoms with van der Waals surface area (Å²) in [5, 5.41) is 0. The van der Waals surface area contributed by atoms with Crippen LogP contribution in [0.15, 0.2) is 0 Å². The van der Waals surface area contributed by atoms with Gasteiger partial charge in [-0.05, 0) is 6.92 Å². The van der Waals surface area contributed by atoms with Crippen LogP contribution in [0.25, 0.3) is 0 Å². The largest absolute Gasteiger partial charge is 0.510 e. The van der Waals surface area contributed by atoms with E-state index in [1.165, 1.54) is 7.11 Å². The number of rotatable bonds is 3. The van der Waals surface area contributed by atoms with E-state index in [1.807, 2.05) is 0 Å². The summed E-state index contributed by atoms with van der Waals surface area (Å²) >= 11 is 0. The Hall–Kier alpha value is -0.770. The van der Waals surface area contributed by atoms with Gasteiger partial charge in [-0.3, -0.25) is 0 Å². The summed E-state index contributed by atoms with van der Waals surface area (Å²) < 4.78 is 13.2. The van der Waals surface area contributed by atoms with Gasteiger partial charge in [-0.15, -0.1) is 0 Å². The van der Waals surface area contributed by atoms with E-state index in [9.17, 15) is 4.79 Å². The van der Waals surface area contributed by atoms with E-state index in [-0.39, 0.29) is 14.2 Å². The van der Waals surface area contributed by atoms with Gasteiger partial charge in [-0.1, -0.05) is 7.43 Å². The zero-order valence-corrected chi connectivity index (χ0v) is 5.55. The molecule has 4 heteroatoms. The lowest BCUT2D eigenvalue weighted by molar-refractivity contribution is -0.0246. The maximum Gasteiger partial charge on any atom is 0.510 e. The first-order valence-electron chi connectivity index (χ1n) is 2.59. The fraction of sp³-hybridized carbons (Fsp3) is 0.833. The van der Waals surface area contributed by atoms with Crippen molar-refractivity contribution in [3.8, 4) is 0 Å². The van der Waals surface area contributed by atoms with Gasteiger partial charge in [0.2, 0.25) is 0 Å². The standard InChI is InChI=1S/C5H10O4.CH4/c1-3-8-5(6)9-4-7-2;/h3-4H2,1-2H3;1H4. The highest BCUT2D eigenvalue weighted by atomic mass is 16.8. The highest BCUT2D eigenvalue weighted by Gasteiger charge is 1.98. The Kier molecular flexibility index (Phi) is 9.84. The maximum absolute atomic E-state index is 10.3. The molecule has 0 aliphatic carbocycles. The first kappa shape index (κ1) is 12.0. The van der Waals surface area contributed by atoms with E-state index >= 15 is 0 Å². The predicted molar refractivity (Wildman–Crippen MR) is 36.7 cm³/mol. The van der Waals surface area contributed by atoms with Gasteiger partial charge in [0.15, 0.2) is 6.79 Å². The van der Waals surface area contributed by atoms with Gasteiger partial charge in [0.05, 0.1) is 6.61 Å². The first-order valence-corrected chi connectivity index (χ1v) is 2.59. The summed E-state index contributed by atoms with van der Waals surface area (Å²) in [6.45, 7) is 1.97. The molecular formula is C6H14O4. The molecule has 0 saturated heterocycles. The molecule has 0 aromatic rings. The van der Waals surface area contributed by atoms with Crippen LogP contribution in [-0.2, 0) is 14.2 Å². The van der Waals surface area contributed by atoms with Crippen LogP contribution in [0.2, 0.25) is 0 Å². The van der Waals surface area contributed by atoms with Gasteiger partial charge in [0, 0.05) is 7.11 Å². The molecule has 0 radical (unpaired) electrons. The highest BCUT2D eigenvalue weighted by Crippen LogP contribution is 1.83. The molecule has 0 spiro atoms. The average molecular weight is 150 g/mol. The average Bonchev–Trinajstić information content (AvgIpc) is 1.85. The molecule has 4 nitrogen and oxygen atoms in total. The summed E-state index contributed by atoms with van der Waals surface area (Å²) in [7, 11) is 1.43. The van der Waals surface area contributed by atoms with Gasteiger partial charge in [-0.25, -0.2) is 4.79 Å². The molecular weight excluding hydrogens is 136 g/mol. The van der Waals surface area contributed by atoms with E-state index in [0.717, 1.165) is 0 Å². The first-order chi connectivity index (χ1) is 4.31. The zero-order valence-electron chi connectivity index (χ0n) is 5.55. The van der Waals surface area contributed by atoms with Crippen molar-refractivity contribution in [2.75, 3.05) is 20.5 Å². The molecule has 0 bridgehead atoms. The number of hydrogen-bond acceptors (Lipinski definition) is 4. The lowest BCUT2D eigenvalue weighted by Gasteiger charge is -2.00. The third-order valence-corrected chi connectivity index (χ3v) is 0.557. The van der Waals surface area contributed by atoms with Crippen LogP contribution in [0.4, 0.5) is 4.79 Å². The molecule has 0 fully saturated rings. The Bertz CT molecular complexity index is 81.8.